The first kappa shape index (κ1) is 19.5. The monoisotopic (exact) mass is 434 g/mol. The van der Waals surface area contributed by atoms with Crippen LogP contribution in [0.5, 0.6) is 0 Å². The number of hydrogen-bond acceptors (Lipinski definition) is 6. The highest BCUT2D eigenvalue weighted by Crippen LogP contribution is 2.50. The number of carbonyl (C=O) groups is 1. The summed E-state index contributed by atoms with van der Waals surface area (Å²) in [4.78, 5) is 30.5. The third kappa shape index (κ3) is 2.21. The van der Waals surface area contributed by atoms with E-state index in [-0.39, 0.29) is 42.3 Å². The molecule has 6 rings (SSSR count). The normalized spacial score (nSPS) is 24.9. The molecule has 0 saturated heterocycles. The van der Waals surface area contributed by atoms with E-state index < -0.39 is 17.4 Å². The molecule has 7 nitrogen and oxygen atoms in total. The minimum absolute atomic E-state index is 0.0662. The first-order valence-electron chi connectivity index (χ1n) is 10.7. The number of cyclic esters (lactones) is 1. The zero-order valence-electron chi connectivity index (χ0n) is 17.5. The van der Waals surface area contributed by atoms with Gasteiger partial charge in [-0.15, -0.1) is 0 Å². The van der Waals surface area contributed by atoms with Crippen LogP contribution >= 0.6 is 0 Å². The SMILES string of the molecule is C=C1C(F)=Cc2nc3c(c4c2[C+]1CC[C@@H]4N)Cn1c-3cc2c(c1=O)COC(=O)[C@]2(O)CC. The molecule has 162 valence electrons. The number of nitrogens with zero attached hydrogens (tertiary/aromatic N) is 2. The van der Waals surface area contributed by atoms with Crippen molar-refractivity contribution in [3.63, 3.8) is 0 Å². The Morgan fingerprint density at radius 1 is 1.44 bits per heavy atom. The third-order valence-electron chi connectivity index (χ3n) is 7.26. The molecule has 4 aliphatic rings. The van der Waals surface area contributed by atoms with Crippen LogP contribution in [0.2, 0.25) is 0 Å². The summed E-state index contributed by atoms with van der Waals surface area (Å²) in [5, 5.41) is 11.0. The summed E-state index contributed by atoms with van der Waals surface area (Å²) in [6, 6.07) is 1.38. The van der Waals surface area contributed by atoms with E-state index in [4.69, 9.17) is 15.5 Å². The lowest BCUT2D eigenvalue weighted by Crippen LogP contribution is -2.44. The standard InChI is InChI=1S/C24H21FN3O4/c1-3-24(31)14-6-18-21-12(8-28(18)22(29)13(14)9-32-23(24)30)19-16(26)5-4-11-10(2)15(25)7-17(27-21)20(11)19/h6-7,16,31H,2-5,8-9,26H2,1H3/q+1/t16-,24-/m0/s1. The van der Waals surface area contributed by atoms with Crippen LogP contribution in [0.15, 0.2) is 28.8 Å². The van der Waals surface area contributed by atoms with Gasteiger partial charge in [-0.05, 0) is 25.5 Å². The number of esters is 1. The minimum Gasteiger partial charge on any atom is -0.458 e. The fourth-order valence-corrected chi connectivity index (χ4v) is 5.50. The number of carbonyl (C=O) groups excluding carboxylic acids is 1. The molecular weight excluding hydrogens is 413 g/mol. The molecule has 0 amide bonds. The lowest BCUT2D eigenvalue weighted by Gasteiger charge is -2.31. The number of ether oxygens (including phenoxy) is 1. The molecule has 2 aliphatic carbocycles. The molecule has 8 heteroatoms. The van der Waals surface area contributed by atoms with Gasteiger partial charge in [-0.1, -0.05) is 6.92 Å². The highest BCUT2D eigenvalue weighted by atomic mass is 19.1. The summed E-state index contributed by atoms with van der Waals surface area (Å²) < 4.78 is 21.3. The van der Waals surface area contributed by atoms with Crippen molar-refractivity contribution in [1.82, 2.24) is 9.55 Å². The van der Waals surface area contributed by atoms with Crippen LogP contribution in [0.25, 0.3) is 17.5 Å². The molecule has 3 N–H and O–H groups in total. The van der Waals surface area contributed by atoms with Crippen molar-refractivity contribution in [3.05, 3.63) is 73.8 Å². The van der Waals surface area contributed by atoms with Gasteiger partial charge in [0.15, 0.2) is 5.60 Å². The average Bonchev–Trinajstić information content (AvgIpc) is 3.14. The van der Waals surface area contributed by atoms with Crippen molar-refractivity contribution in [1.29, 1.82) is 0 Å². The Labute approximate surface area is 183 Å². The van der Waals surface area contributed by atoms with Gasteiger partial charge in [-0.25, -0.2) is 9.78 Å². The number of aliphatic hydroxyl groups is 1. The van der Waals surface area contributed by atoms with E-state index in [0.717, 1.165) is 22.6 Å². The molecule has 2 atom stereocenters. The first-order chi connectivity index (χ1) is 15.3. The smallest absolute Gasteiger partial charge is 0.343 e. The number of rotatable bonds is 1. The third-order valence-corrected chi connectivity index (χ3v) is 7.26. The van der Waals surface area contributed by atoms with Crippen molar-refractivity contribution in [2.24, 2.45) is 5.73 Å². The van der Waals surface area contributed by atoms with Crippen LogP contribution in [-0.4, -0.2) is 20.6 Å². The Morgan fingerprint density at radius 2 is 2.22 bits per heavy atom. The summed E-state index contributed by atoms with van der Waals surface area (Å²) in [7, 11) is 0. The number of aromatic nitrogens is 2. The fourth-order valence-electron chi connectivity index (χ4n) is 5.50. The molecule has 0 unspecified atom stereocenters. The lowest BCUT2D eigenvalue weighted by atomic mass is 9.72. The van der Waals surface area contributed by atoms with Crippen molar-refractivity contribution in [3.8, 4) is 11.4 Å². The van der Waals surface area contributed by atoms with Gasteiger partial charge in [0.05, 0.1) is 29.9 Å². The van der Waals surface area contributed by atoms with Gasteiger partial charge < -0.3 is 20.1 Å². The summed E-state index contributed by atoms with van der Waals surface area (Å²) in [5.41, 5.74) is 9.16. The largest absolute Gasteiger partial charge is 0.458 e. The van der Waals surface area contributed by atoms with Gasteiger partial charge in [-0.2, -0.15) is 4.39 Å². The van der Waals surface area contributed by atoms with Gasteiger partial charge in [0.1, 0.15) is 29.1 Å². The molecule has 0 fully saturated rings. The predicted octanol–water partition coefficient (Wildman–Crippen LogP) is 2.52. The number of hydrogen-bond donors (Lipinski definition) is 2. The number of allylic oxidation sites excluding steroid dienone is 2. The predicted molar refractivity (Wildman–Crippen MR) is 114 cm³/mol. The Hall–Kier alpha value is -3.23. The number of halogens is 1. The highest BCUT2D eigenvalue weighted by molar-refractivity contribution is 5.84. The molecule has 0 aromatic carbocycles. The van der Waals surface area contributed by atoms with Crippen LogP contribution in [0.4, 0.5) is 4.39 Å². The van der Waals surface area contributed by atoms with Crippen LogP contribution in [0.3, 0.4) is 0 Å². The van der Waals surface area contributed by atoms with E-state index in [2.05, 4.69) is 6.58 Å². The second-order valence-electron chi connectivity index (χ2n) is 8.81. The summed E-state index contributed by atoms with van der Waals surface area (Å²) in [6.45, 7) is 5.64. The van der Waals surface area contributed by atoms with Crippen LogP contribution in [0, 0.1) is 5.92 Å². The van der Waals surface area contributed by atoms with Crippen LogP contribution in [0.1, 0.15) is 65.7 Å². The second-order valence-corrected chi connectivity index (χ2v) is 8.81. The Kier molecular flexibility index (Phi) is 3.75. The molecule has 2 aromatic rings. The summed E-state index contributed by atoms with van der Waals surface area (Å²) in [5.74, 6) is -0.382. The van der Waals surface area contributed by atoms with E-state index in [0.29, 0.717) is 35.5 Å². The molecule has 2 aliphatic heterocycles. The zero-order chi connectivity index (χ0) is 22.5. The molecule has 2 aromatic heterocycles. The quantitative estimate of drug-likeness (QED) is 0.450. The Balaban J connectivity index is 1.66. The van der Waals surface area contributed by atoms with Gasteiger partial charge in [-0.3, -0.25) is 4.79 Å². The minimum atomic E-state index is -1.89. The average molecular weight is 434 g/mol. The molecule has 32 heavy (non-hydrogen) atoms. The number of pyridine rings is 2. The Morgan fingerprint density at radius 3 is 2.97 bits per heavy atom. The summed E-state index contributed by atoms with van der Waals surface area (Å²) in [6.07, 6.45) is 2.69. The van der Waals surface area contributed by atoms with Crippen molar-refractivity contribution in [2.75, 3.05) is 0 Å². The van der Waals surface area contributed by atoms with E-state index in [1.807, 2.05) is 0 Å². The molecule has 4 heterocycles. The zero-order valence-corrected chi connectivity index (χ0v) is 17.5. The van der Waals surface area contributed by atoms with Crippen LogP contribution < -0.4 is 11.3 Å². The molecule has 0 radical (unpaired) electrons. The van der Waals surface area contributed by atoms with Crippen molar-refractivity contribution < 1.29 is 19.0 Å². The fraction of sp³-hybridized carbons (Fsp3) is 0.333. The van der Waals surface area contributed by atoms with Gasteiger partial charge in [0, 0.05) is 29.0 Å². The maximum Gasteiger partial charge on any atom is 0.343 e. The first-order valence-corrected chi connectivity index (χ1v) is 10.7. The van der Waals surface area contributed by atoms with Gasteiger partial charge in [0.25, 0.3) is 5.56 Å². The molecule has 0 spiro atoms. The van der Waals surface area contributed by atoms with E-state index >= 15 is 0 Å². The van der Waals surface area contributed by atoms with E-state index in [9.17, 15) is 19.1 Å². The number of fused-ring (bicyclic) bond motifs is 5. The van der Waals surface area contributed by atoms with Gasteiger partial charge in [0.2, 0.25) is 5.83 Å². The molecule has 0 bridgehead atoms. The van der Waals surface area contributed by atoms with Crippen molar-refractivity contribution in [2.45, 2.75) is 51.0 Å². The van der Waals surface area contributed by atoms with E-state index in [1.165, 1.54) is 6.08 Å². The van der Waals surface area contributed by atoms with Crippen LogP contribution in [-0.2, 0) is 28.3 Å². The maximum atomic E-state index is 14.6. The summed E-state index contributed by atoms with van der Waals surface area (Å²) >= 11 is 0. The van der Waals surface area contributed by atoms with E-state index in [1.54, 1.807) is 17.6 Å². The maximum absolute atomic E-state index is 14.6. The van der Waals surface area contributed by atoms with Gasteiger partial charge >= 0.3 is 5.97 Å². The number of nitrogens with two attached hydrogens (primary N) is 1. The molecular formula is C24H21FN3O4+. The second kappa shape index (κ2) is 6.17. The highest BCUT2D eigenvalue weighted by Gasteiger charge is 2.47. The van der Waals surface area contributed by atoms with Crippen molar-refractivity contribution >= 4 is 12.0 Å². The molecule has 0 saturated carbocycles. The topological polar surface area (TPSA) is 107 Å². The lowest BCUT2D eigenvalue weighted by molar-refractivity contribution is -0.172. The Bertz CT molecular complexity index is 1360.